The number of carbonyl (C=O) groups is 2. The molecule has 2 fully saturated rings. The van der Waals surface area contributed by atoms with Crippen LogP contribution in [0, 0.1) is 18.3 Å². The summed E-state index contributed by atoms with van der Waals surface area (Å²) in [6, 6.07) is 5.15. The first-order valence-electron chi connectivity index (χ1n) is 7.44. The number of carbonyl (C=O) groups excluding carboxylic acids is 2. The van der Waals surface area contributed by atoms with E-state index in [4.69, 9.17) is 5.73 Å². The van der Waals surface area contributed by atoms with Crippen LogP contribution >= 0.6 is 12.4 Å². The largest absolute Gasteiger partial charge is 0.366 e. The molecule has 0 radical (unpaired) electrons. The first-order chi connectivity index (χ1) is 10.0. The minimum absolute atomic E-state index is 0. The standard InChI is InChI=1S/C16H21N3O2.ClH/c1-10-2-3-11(14(17)20)8-13(10)19-15(21)12-9-16(12)4-6-18-7-5-16;/h2-3,8,12,18H,4-7,9H2,1H3,(H2,17,20)(H,19,21);1H. The molecule has 120 valence electrons. The van der Waals surface area contributed by atoms with E-state index < -0.39 is 5.91 Å². The van der Waals surface area contributed by atoms with Gasteiger partial charge in [0.15, 0.2) is 0 Å². The lowest BCUT2D eigenvalue weighted by Crippen LogP contribution is -2.31. The molecule has 1 aromatic carbocycles. The summed E-state index contributed by atoms with van der Waals surface area (Å²) in [5, 5.41) is 6.31. The number of benzene rings is 1. The van der Waals surface area contributed by atoms with Gasteiger partial charge in [-0.15, -0.1) is 12.4 Å². The van der Waals surface area contributed by atoms with E-state index in [1.54, 1.807) is 12.1 Å². The van der Waals surface area contributed by atoms with E-state index in [1.165, 1.54) is 0 Å². The Morgan fingerprint density at radius 3 is 2.64 bits per heavy atom. The Balaban J connectivity index is 0.00000176. The van der Waals surface area contributed by atoms with Crippen LogP contribution in [0.1, 0.15) is 35.2 Å². The number of nitrogens with one attached hydrogen (secondary N) is 2. The number of nitrogens with two attached hydrogens (primary N) is 1. The molecular weight excluding hydrogens is 302 g/mol. The Bertz CT molecular complexity index is 597. The lowest BCUT2D eigenvalue weighted by molar-refractivity contribution is -0.118. The van der Waals surface area contributed by atoms with Crippen LogP contribution in [0.4, 0.5) is 5.69 Å². The van der Waals surface area contributed by atoms with E-state index in [0.29, 0.717) is 11.3 Å². The lowest BCUT2D eigenvalue weighted by atomic mass is 9.91. The Hall–Kier alpha value is -1.59. The Morgan fingerprint density at radius 2 is 2.00 bits per heavy atom. The molecule has 6 heteroatoms. The van der Waals surface area contributed by atoms with Crippen molar-refractivity contribution in [2.75, 3.05) is 18.4 Å². The van der Waals surface area contributed by atoms with Crippen LogP contribution in [0.15, 0.2) is 18.2 Å². The van der Waals surface area contributed by atoms with Gasteiger partial charge in [-0.05, 0) is 62.4 Å². The molecule has 1 saturated carbocycles. The Labute approximate surface area is 136 Å². The normalized spacial score (nSPS) is 21.8. The fourth-order valence-electron chi connectivity index (χ4n) is 3.33. The lowest BCUT2D eigenvalue weighted by Gasteiger charge is -2.23. The fraction of sp³-hybridized carbons (Fsp3) is 0.500. The van der Waals surface area contributed by atoms with Crippen molar-refractivity contribution in [3.8, 4) is 0 Å². The van der Waals surface area contributed by atoms with E-state index in [1.807, 2.05) is 13.0 Å². The van der Waals surface area contributed by atoms with Crippen molar-refractivity contribution in [3.05, 3.63) is 29.3 Å². The van der Waals surface area contributed by atoms with Crippen LogP contribution in [-0.2, 0) is 4.79 Å². The highest BCUT2D eigenvalue weighted by molar-refractivity contribution is 5.98. The number of primary amides is 1. The van der Waals surface area contributed by atoms with Gasteiger partial charge in [-0.1, -0.05) is 6.07 Å². The molecule has 2 amide bonds. The highest BCUT2D eigenvalue weighted by Gasteiger charge is 2.57. The summed E-state index contributed by atoms with van der Waals surface area (Å²) in [6.07, 6.45) is 3.13. The van der Waals surface area contributed by atoms with Crippen molar-refractivity contribution in [2.24, 2.45) is 17.1 Å². The predicted molar refractivity (Wildman–Crippen MR) is 88.2 cm³/mol. The molecule has 22 heavy (non-hydrogen) atoms. The van der Waals surface area contributed by atoms with Gasteiger partial charge < -0.3 is 16.4 Å². The number of halogens is 1. The molecule has 1 saturated heterocycles. The number of rotatable bonds is 3. The average molecular weight is 324 g/mol. The second kappa shape index (κ2) is 6.26. The summed E-state index contributed by atoms with van der Waals surface area (Å²) < 4.78 is 0. The smallest absolute Gasteiger partial charge is 0.248 e. The number of piperidine rings is 1. The zero-order valence-corrected chi connectivity index (χ0v) is 13.5. The second-order valence-corrected chi connectivity index (χ2v) is 6.25. The first kappa shape index (κ1) is 16.8. The van der Waals surface area contributed by atoms with Gasteiger partial charge in [-0.25, -0.2) is 0 Å². The van der Waals surface area contributed by atoms with Crippen molar-refractivity contribution in [2.45, 2.75) is 26.2 Å². The molecule has 2 aliphatic rings. The maximum Gasteiger partial charge on any atom is 0.248 e. The van der Waals surface area contributed by atoms with Crippen LogP contribution < -0.4 is 16.4 Å². The summed E-state index contributed by atoms with van der Waals surface area (Å²) in [4.78, 5) is 23.7. The SMILES string of the molecule is Cc1ccc(C(N)=O)cc1NC(=O)C1CC12CCNCC2.Cl. The molecule has 0 bridgehead atoms. The molecule has 1 aromatic rings. The van der Waals surface area contributed by atoms with Crippen LogP contribution in [0.2, 0.25) is 0 Å². The molecule has 1 aliphatic carbocycles. The van der Waals surface area contributed by atoms with Crippen molar-refractivity contribution < 1.29 is 9.59 Å². The van der Waals surface area contributed by atoms with Crippen molar-refractivity contribution in [1.82, 2.24) is 5.32 Å². The fourth-order valence-corrected chi connectivity index (χ4v) is 3.33. The topological polar surface area (TPSA) is 84.2 Å². The number of aryl methyl sites for hydroxylation is 1. The zero-order chi connectivity index (χ0) is 15.0. The minimum Gasteiger partial charge on any atom is -0.366 e. The molecule has 5 nitrogen and oxygen atoms in total. The highest BCUT2D eigenvalue weighted by atomic mass is 35.5. The monoisotopic (exact) mass is 323 g/mol. The van der Waals surface area contributed by atoms with Crippen LogP contribution in [-0.4, -0.2) is 24.9 Å². The van der Waals surface area contributed by atoms with Crippen LogP contribution in [0.3, 0.4) is 0 Å². The van der Waals surface area contributed by atoms with E-state index in [9.17, 15) is 9.59 Å². The molecule has 4 N–H and O–H groups in total. The van der Waals surface area contributed by atoms with Crippen molar-refractivity contribution in [3.63, 3.8) is 0 Å². The summed E-state index contributed by atoms with van der Waals surface area (Å²) in [5.74, 6) is -0.301. The number of hydrogen-bond acceptors (Lipinski definition) is 3. The first-order valence-corrected chi connectivity index (χ1v) is 7.44. The van der Waals surface area contributed by atoms with Gasteiger partial charge in [0.05, 0.1) is 0 Å². The van der Waals surface area contributed by atoms with Gasteiger partial charge in [0.1, 0.15) is 0 Å². The third kappa shape index (κ3) is 3.10. The van der Waals surface area contributed by atoms with Gasteiger partial charge >= 0.3 is 0 Å². The van der Waals surface area contributed by atoms with E-state index >= 15 is 0 Å². The molecule has 3 rings (SSSR count). The average Bonchev–Trinajstić information content (AvgIpc) is 3.15. The predicted octanol–water partition coefficient (Wildman–Crippen LogP) is 1.84. The number of anilines is 1. The quantitative estimate of drug-likeness (QED) is 0.793. The summed E-state index contributed by atoms with van der Waals surface area (Å²) in [6.45, 7) is 3.91. The summed E-state index contributed by atoms with van der Waals surface area (Å²) in [5.41, 5.74) is 7.55. The summed E-state index contributed by atoms with van der Waals surface area (Å²) in [7, 11) is 0. The van der Waals surface area contributed by atoms with Crippen LogP contribution in [0.25, 0.3) is 0 Å². The molecule has 1 aliphatic heterocycles. The van der Waals surface area contributed by atoms with Gasteiger partial charge in [0, 0.05) is 17.2 Å². The highest BCUT2D eigenvalue weighted by Crippen LogP contribution is 2.58. The Morgan fingerprint density at radius 1 is 1.32 bits per heavy atom. The second-order valence-electron chi connectivity index (χ2n) is 6.25. The maximum absolute atomic E-state index is 12.4. The number of amides is 2. The molecule has 1 unspecified atom stereocenters. The minimum atomic E-state index is -0.480. The van der Waals surface area contributed by atoms with Gasteiger partial charge in [-0.2, -0.15) is 0 Å². The van der Waals surface area contributed by atoms with Crippen molar-refractivity contribution in [1.29, 1.82) is 0 Å². The molecule has 1 heterocycles. The third-order valence-electron chi connectivity index (χ3n) is 4.89. The van der Waals surface area contributed by atoms with Crippen molar-refractivity contribution >= 4 is 29.9 Å². The van der Waals surface area contributed by atoms with E-state index in [0.717, 1.165) is 37.9 Å². The molecular formula is C16H22ClN3O2. The molecule has 1 spiro atoms. The Kier molecular flexibility index (Phi) is 4.78. The summed E-state index contributed by atoms with van der Waals surface area (Å²) >= 11 is 0. The maximum atomic E-state index is 12.4. The number of hydrogen-bond donors (Lipinski definition) is 3. The van der Waals surface area contributed by atoms with E-state index in [-0.39, 0.29) is 29.6 Å². The van der Waals surface area contributed by atoms with E-state index in [2.05, 4.69) is 10.6 Å². The van der Waals surface area contributed by atoms with Crippen LogP contribution in [0.5, 0.6) is 0 Å². The zero-order valence-electron chi connectivity index (χ0n) is 12.6. The van der Waals surface area contributed by atoms with Gasteiger partial charge in [-0.3, -0.25) is 9.59 Å². The third-order valence-corrected chi connectivity index (χ3v) is 4.89. The molecule has 0 aromatic heterocycles. The van der Waals surface area contributed by atoms with Gasteiger partial charge in [0.25, 0.3) is 0 Å². The molecule has 1 atom stereocenters. The van der Waals surface area contributed by atoms with Gasteiger partial charge in [0.2, 0.25) is 11.8 Å².